The number of benzene rings is 1. The molecule has 134 valence electrons. The molecule has 1 N–H and O–H groups in total. The molecule has 2 aromatic rings. The van der Waals surface area contributed by atoms with Crippen LogP contribution >= 0.6 is 0 Å². The summed E-state index contributed by atoms with van der Waals surface area (Å²) >= 11 is 0. The second kappa shape index (κ2) is 7.01. The SMILES string of the molecule is CC(C)CN1CCn2cc(S(=O)(=O)NCc3ccccc3)cc2C1=O. The van der Waals surface area contributed by atoms with E-state index in [-0.39, 0.29) is 17.3 Å². The third-order valence-corrected chi connectivity index (χ3v) is 5.56. The van der Waals surface area contributed by atoms with Crippen molar-refractivity contribution in [3.8, 4) is 0 Å². The van der Waals surface area contributed by atoms with Gasteiger partial charge in [-0.1, -0.05) is 44.2 Å². The monoisotopic (exact) mass is 361 g/mol. The van der Waals surface area contributed by atoms with E-state index in [1.165, 1.54) is 6.07 Å². The maximum atomic E-state index is 12.6. The van der Waals surface area contributed by atoms with Crippen LogP contribution in [0.2, 0.25) is 0 Å². The summed E-state index contributed by atoms with van der Waals surface area (Å²) in [4.78, 5) is 14.5. The first-order chi connectivity index (χ1) is 11.9. The molecule has 3 rings (SSSR count). The van der Waals surface area contributed by atoms with Crippen molar-refractivity contribution in [1.82, 2.24) is 14.2 Å². The number of carbonyl (C=O) groups is 1. The lowest BCUT2D eigenvalue weighted by molar-refractivity contribution is 0.0683. The minimum atomic E-state index is -3.66. The van der Waals surface area contributed by atoms with E-state index < -0.39 is 10.0 Å². The second-order valence-corrected chi connectivity index (χ2v) is 8.48. The Morgan fingerprint density at radius 3 is 2.56 bits per heavy atom. The van der Waals surface area contributed by atoms with E-state index in [4.69, 9.17) is 0 Å². The normalized spacial score (nSPS) is 14.8. The van der Waals surface area contributed by atoms with Gasteiger partial charge in [-0.3, -0.25) is 4.79 Å². The number of nitrogens with zero attached hydrogens (tertiary/aromatic N) is 2. The zero-order valence-electron chi connectivity index (χ0n) is 14.5. The van der Waals surface area contributed by atoms with Crippen molar-refractivity contribution in [2.75, 3.05) is 13.1 Å². The van der Waals surface area contributed by atoms with Gasteiger partial charge in [0.25, 0.3) is 5.91 Å². The maximum Gasteiger partial charge on any atom is 0.270 e. The lowest BCUT2D eigenvalue weighted by Crippen LogP contribution is -2.41. The predicted octanol–water partition coefficient (Wildman–Crippen LogP) is 2.08. The lowest BCUT2D eigenvalue weighted by atomic mass is 10.2. The first-order valence-electron chi connectivity index (χ1n) is 8.40. The molecule has 1 aliphatic rings. The van der Waals surface area contributed by atoms with E-state index in [2.05, 4.69) is 18.6 Å². The molecule has 0 radical (unpaired) electrons. The number of carbonyl (C=O) groups excluding carboxylic acids is 1. The first-order valence-corrected chi connectivity index (χ1v) is 9.88. The average Bonchev–Trinajstić information content (AvgIpc) is 3.02. The number of fused-ring (bicyclic) bond motifs is 1. The Kier molecular flexibility index (Phi) is 4.96. The van der Waals surface area contributed by atoms with Gasteiger partial charge in [0.2, 0.25) is 10.0 Å². The summed E-state index contributed by atoms with van der Waals surface area (Å²) in [7, 11) is -3.66. The molecule has 0 atom stereocenters. The average molecular weight is 361 g/mol. The van der Waals surface area contributed by atoms with Crippen LogP contribution in [-0.2, 0) is 23.1 Å². The van der Waals surface area contributed by atoms with Gasteiger partial charge in [0.1, 0.15) is 10.6 Å². The summed E-state index contributed by atoms with van der Waals surface area (Å²) < 4.78 is 29.4. The van der Waals surface area contributed by atoms with Crippen LogP contribution in [0.15, 0.2) is 47.5 Å². The zero-order chi connectivity index (χ0) is 18.0. The minimum absolute atomic E-state index is 0.107. The van der Waals surface area contributed by atoms with Crippen molar-refractivity contribution in [2.45, 2.75) is 31.8 Å². The molecule has 0 fully saturated rings. The molecule has 1 aliphatic heterocycles. The van der Waals surface area contributed by atoms with Crippen LogP contribution in [-0.4, -0.2) is 36.9 Å². The Bertz CT molecular complexity index is 857. The molecule has 0 bridgehead atoms. The largest absolute Gasteiger partial charge is 0.340 e. The number of amides is 1. The molecule has 0 spiro atoms. The van der Waals surface area contributed by atoms with Crippen LogP contribution in [0.25, 0.3) is 0 Å². The van der Waals surface area contributed by atoms with Gasteiger partial charge >= 0.3 is 0 Å². The number of nitrogens with one attached hydrogen (secondary N) is 1. The van der Waals surface area contributed by atoms with E-state index in [1.807, 2.05) is 30.3 Å². The molecule has 1 aromatic heterocycles. The second-order valence-electron chi connectivity index (χ2n) is 6.71. The Morgan fingerprint density at radius 2 is 1.88 bits per heavy atom. The van der Waals surface area contributed by atoms with Crippen LogP contribution in [0.3, 0.4) is 0 Å². The van der Waals surface area contributed by atoms with E-state index in [1.54, 1.807) is 15.7 Å². The first kappa shape index (κ1) is 17.7. The molecule has 25 heavy (non-hydrogen) atoms. The molecular formula is C18H23N3O3S. The molecule has 7 heteroatoms. The Hall–Kier alpha value is -2.12. The third-order valence-electron chi connectivity index (χ3n) is 4.19. The molecular weight excluding hydrogens is 338 g/mol. The zero-order valence-corrected chi connectivity index (χ0v) is 15.3. The Labute approximate surface area is 148 Å². The van der Waals surface area contributed by atoms with Gasteiger partial charge in [0.05, 0.1) is 0 Å². The number of rotatable bonds is 6. The molecule has 0 unspecified atom stereocenters. The van der Waals surface area contributed by atoms with Gasteiger partial charge in [0, 0.05) is 32.4 Å². The molecule has 0 aliphatic carbocycles. The lowest BCUT2D eigenvalue weighted by Gasteiger charge is -2.29. The van der Waals surface area contributed by atoms with Crippen molar-refractivity contribution in [3.63, 3.8) is 0 Å². The van der Waals surface area contributed by atoms with Crippen molar-refractivity contribution in [1.29, 1.82) is 0 Å². The molecule has 1 amide bonds. The van der Waals surface area contributed by atoms with Crippen molar-refractivity contribution in [2.24, 2.45) is 5.92 Å². The van der Waals surface area contributed by atoms with E-state index in [0.29, 0.717) is 31.2 Å². The number of hydrogen-bond donors (Lipinski definition) is 1. The standard InChI is InChI=1S/C18H23N3O3S/c1-14(2)12-21-9-8-20-13-16(10-17(20)18(21)22)25(23,24)19-11-15-6-4-3-5-7-15/h3-7,10,13-14,19H,8-9,11-12H2,1-2H3. The highest BCUT2D eigenvalue weighted by atomic mass is 32.2. The quantitative estimate of drug-likeness (QED) is 0.856. The van der Waals surface area contributed by atoms with E-state index in [0.717, 1.165) is 5.56 Å². The fourth-order valence-corrected chi connectivity index (χ4v) is 4.02. The van der Waals surface area contributed by atoms with Crippen LogP contribution in [0.5, 0.6) is 0 Å². The topological polar surface area (TPSA) is 71.4 Å². The highest BCUT2D eigenvalue weighted by molar-refractivity contribution is 7.89. The van der Waals surface area contributed by atoms with Gasteiger partial charge in [-0.2, -0.15) is 0 Å². The predicted molar refractivity (Wildman–Crippen MR) is 95.6 cm³/mol. The van der Waals surface area contributed by atoms with Gasteiger partial charge in [-0.15, -0.1) is 0 Å². The third kappa shape index (κ3) is 3.93. The summed E-state index contributed by atoms with van der Waals surface area (Å²) in [5, 5.41) is 0. The van der Waals surface area contributed by atoms with E-state index in [9.17, 15) is 13.2 Å². The van der Waals surface area contributed by atoms with Crippen LogP contribution in [0.4, 0.5) is 0 Å². The maximum absolute atomic E-state index is 12.6. The number of aromatic nitrogens is 1. The summed E-state index contributed by atoms with van der Waals surface area (Å²) in [5.74, 6) is 0.269. The van der Waals surface area contributed by atoms with Gasteiger partial charge in [0.15, 0.2) is 0 Å². The van der Waals surface area contributed by atoms with E-state index >= 15 is 0 Å². The molecule has 0 saturated carbocycles. The number of sulfonamides is 1. The Morgan fingerprint density at radius 1 is 1.16 bits per heavy atom. The van der Waals surface area contributed by atoms with Crippen molar-refractivity contribution in [3.05, 3.63) is 53.9 Å². The highest BCUT2D eigenvalue weighted by Gasteiger charge is 2.28. The molecule has 2 heterocycles. The number of hydrogen-bond acceptors (Lipinski definition) is 3. The van der Waals surface area contributed by atoms with Crippen LogP contribution < -0.4 is 4.72 Å². The minimum Gasteiger partial charge on any atom is -0.340 e. The highest BCUT2D eigenvalue weighted by Crippen LogP contribution is 2.20. The van der Waals surface area contributed by atoms with Crippen LogP contribution in [0, 0.1) is 5.92 Å². The van der Waals surface area contributed by atoms with Gasteiger partial charge < -0.3 is 9.47 Å². The molecule has 0 saturated heterocycles. The Balaban J connectivity index is 1.77. The smallest absolute Gasteiger partial charge is 0.270 e. The van der Waals surface area contributed by atoms with Crippen molar-refractivity contribution >= 4 is 15.9 Å². The van der Waals surface area contributed by atoms with Crippen LogP contribution in [0.1, 0.15) is 29.9 Å². The molecule has 1 aromatic carbocycles. The van der Waals surface area contributed by atoms with Gasteiger partial charge in [-0.05, 0) is 17.5 Å². The summed E-state index contributed by atoms with van der Waals surface area (Å²) in [5.41, 5.74) is 1.32. The summed E-state index contributed by atoms with van der Waals surface area (Å²) in [6.45, 7) is 6.24. The fourth-order valence-electron chi connectivity index (χ4n) is 2.96. The van der Waals surface area contributed by atoms with Crippen molar-refractivity contribution < 1.29 is 13.2 Å². The summed E-state index contributed by atoms with van der Waals surface area (Å²) in [6, 6.07) is 10.8. The molecule has 6 nitrogen and oxygen atoms in total. The summed E-state index contributed by atoms with van der Waals surface area (Å²) in [6.07, 6.45) is 1.55. The van der Waals surface area contributed by atoms with Gasteiger partial charge in [-0.25, -0.2) is 13.1 Å². The fraction of sp³-hybridized carbons (Fsp3) is 0.389.